The summed E-state index contributed by atoms with van der Waals surface area (Å²) in [5.74, 6) is 0.343. The van der Waals surface area contributed by atoms with Crippen LogP contribution in [-0.4, -0.2) is 10.9 Å². The summed E-state index contributed by atoms with van der Waals surface area (Å²) in [5.41, 5.74) is 0.274. The van der Waals surface area contributed by atoms with Crippen LogP contribution in [0.5, 0.6) is 0 Å². The highest BCUT2D eigenvalue weighted by molar-refractivity contribution is 7.14. The number of halogens is 2. The van der Waals surface area contributed by atoms with E-state index in [2.05, 4.69) is 31.1 Å². The van der Waals surface area contributed by atoms with Crippen molar-refractivity contribution in [3.63, 3.8) is 0 Å². The molecule has 0 saturated carbocycles. The summed E-state index contributed by atoms with van der Waals surface area (Å²) < 4.78 is 26.0. The number of nitrogens with one attached hydrogen (secondary N) is 1. The maximum Gasteiger partial charge on any atom is 0.282 e. The molecule has 0 aliphatic heterocycles. The Bertz CT molecular complexity index is 679. The van der Waals surface area contributed by atoms with E-state index in [1.807, 2.05) is 11.4 Å². The number of aryl methyl sites for hydroxylation is 1. The van der Waals surface area contributed by atoms with E-state index in [1.54, 1.807) is 18.3 Å². The van der Waals surface area contributed by atoms with E-state index >= 15 is 0 Å². The third-order valence-corrected chi connectivity index (χ3v) is 5.52. The molecule has 1 atom stereocenters. The van der Waals surface area contributed by atoms with Crippen molar-refractivity contribution in [1.29, 1.82) is 0 Å². The third kappa shape index (κ3) is 4.35. The molecular formula is C16H20F2N2OS2. The zero-order valence-electron chi connectivity index (χ0n) is 13.5. The number of carbonyl (C=O) groups is 1. The standard InChI is InChI=1S/C16H20F2N2OS2/c1-8(2)7-9(3)13-11(5-6-22-13)20-16(21)14-12(15(17)18)19-10(4)23-14/h5-6,8-9,15H,7H2,1-4H3,(H,20,21). The van der Waals surface area contributed by atoms with Crippen LogP contribution in [0.15, 0.2) is 11.4 Å². The Kier molecular flexibility index (Phi) is 5.86. The van der Waals surface area contributed by atoms with Crippen LogP contribution >= 0.6 is 22.7 Å². The van der Waals surface area contributed by atoms with Crippen molar-refractivity contribution in [2.75, 3.05) is 5.32 Å². The van der Waals surface area contributed by atoms with Gasteiger partial charge in [0.2, 0.25) is 0 Å². The first kappa shape index (κ1) is 18.0. The Labute approximate surface area is 142 Å². The minimum absolute atomic E-state index is 0.00818. The molecule has 0 aliphatic carbocycles. The maximum atomic E-state index is 13.0. The van der Waals surface area contributed by atoms with Crippen LogP contribution in [-0.2, 0) is 0 Å². The van der Waals surface area contributed by atoms with Gasteiger partial charge in [-0.3, -0.25) is 4.79 Å². The molecule has 2 rings (SSSR count). The van der Waals surface area contributed by atoms with Gasteiger partial charge in [-0.1, -0.05) is 20.8 Å². The molecule has 2 aromatic rings. The fourth-order valence-electron chi connectivity index (χ4n) is 2.55. The normalized spacial score (nSPS) is 12.9. The van der Waals surface area contributed by atoms with E-state index in [9.17, 15) is 13.6 Å². The van der Waals surface area contributed by atoms with E-state index in [0.717, 1.165) is 22.6 Å². The Balaban J connectivity index is 2.20. The molecule has 23 heavy (non-hydrogen) atoms. The number of thiophene rings is 1. The average Bonchev–Trinajstić information content (AvgIpc) is 3.04. The number of anilines is 1. The van der Waals surface area contributed by atoms with E-state index in [4.69, 9.17) is 0 Å². The Morgan fingerprint density at radius 1 is 1.35 bits per heavy atom. The number of aromatic nitrogens is 1. The number of hydrogen-bond acceptors (Lipinski definition) is 4. The van der Waals surface area contributed by atoms with Crippen LogP contribution in [0.1, 0.15) is 64.8 Å². The second kappa shape index (κ2) is 7.49. The van der Waals surface area contributed by atoms with Gasteiger partial charge >= 0.3 is 0 Å². The fraction of sp³-hybridized carbons (Fsp3) is 0.500. The molecule has 0 radical (unpaired) electrons. The number of alkyl halides is 2. The van der Waals surface area contributed by atoms with Crippen LogP contribution < -0.4 is 5.32 Å². The zero-order valence-corrected chi connectivity index (χ0v) is 15.2. The Hall–Kier alpha value is -1.34. The lowest BCUT2D eigenvalue weighted by Gasteiger charge is -2.15. The minimum atomic E-state index is -2.75. The van der Waals surface area contributed by atoms with Crippen molar-refractivity contribution < 1.29 is 13.6 Å². The predicted molar refractivity (Wildman–Crippen MR) is 92.0 cm³/mol. The number of amides is 1. The van der Waals surface area contributed by atoms with E-state index in [1.165, 1.54) is 0 Å². The Morgan fingerprint density at radius 3 is 2.65 bits per heavy atom. The zero-order chi connectivity index (χ0) is 17.1. The summed E-state index contributed by atoms with van der Waals surface area (Å²) in [6.45, 7) is 8.03. The molecule has 1 amide bonds. The largest absolute Gasteiger partial charge is 0.320 e. The highest BCUT2D eigenvalue weighted by Gasteiger charge is 2.24. The van der Waals surface area contributed by atoms with Crippen LogP contribution in [0.25, 0.3) is 0 Å². The molecule has 0 spiro atoms. The lowest BCUT2D eigenvalue weighted by molar-refractivity contribution is 0.101. The number of hydrogen-bond donors (Lipinski definition) is 1. The van der Waals surface area contributed by atoms with Gasteiger partial charge in [-0.05, 0) is 36.6 Å². The van der Waals surface area contributed by atoms with Crippen molar-refractivity contribution in [2.45, 2.75) is 46.5 Å². The molecule has 1 unspecified atom stereocenters. The average molecular weight is 358 g/mol. The molecule has 7 heteroatoms. The number of thiazole rings is 1. The monoisotopic (exact) mass is 358 g/mol. The highest BCUT2D eigenvalue weighted by atomic mass is 32.1. The van der Waals surface area contributed by atoms with Gasteiger partial charge in [-0.25, -0.2) is 13.8 Å². The molecule has 0 saturated heterocycles. The van der Waals surface area contributed by atoms with Crippen molar-refractivity contribution in [3.05, 3.63) is 31.9 Å². The van der Waals surface area contributed by atoms with Crippen LogP contribution in [0.2, 0.25) is 0 Å². The van der Waals surface area contributed by atoms with Gasteiger partial charge in [0.15, 0.2) is 0 Å². The SMILES string of the molecule is Cc1nc(C(F)F)c(C(=O)Nc2ccsc2C(C)CC(C)C)s1. The molecule has 2 heterocycles. The van der Waals surface area contributed by atoms with Crippen LogP contribution in [0.4, 0.5) is 14.5 Å². The first-order valence-corrected chi connectivity index (χ1v) is 9.13. The number of rotatable bonds is 6. The van der Waals surface area contributed by atoms with E-state index in [-0.39, 0.29) is 4.88 Å². The van der Waals surface area contributed by atoms with Gasteiger partial charge in [0, 0.05) is 4.88 Å². The van der Waals surface area contributed by atoms with Crippen LogP contribution in [0.3, 0.4) is 0 Å². The van der Waals surface area contributed by atoms with Crippen molar-refractivity contribution in [1.82, 2.24) is 4.98 Å². The third-order valence-electron chi connectivity index (χ3n) is 3.39. The molecule has 126 valence electrons. The second-order valence-corrected chi connectivity index (χ2v) is 8.08. The molecule has 0 fully saturated rings. The van der Waals surface area contributed by atoms with E-state index in [0.29, 0.717) is 22.5 Å². The van der Waals surface area contributed by atoms with Gasteiger partial charge in [0.1, 0.15) is 10.6 Å². The van der Waals surface area contributed by atoms with Crippen molar-refractivity contribution in [3.8, 4) is 0 Å². The summed E-state index contributed by atoms with van der Waals surface area (Å²) in [7, 11) is 0. The first-order valence-electron chi connectivity index (χ1n) is 7.43. The fourth-order valence-corrected chi connectivity index (χ4v) is 4.30. The summed E-state index contributed by atoms with van der Waals surface area (Å²) in [4.78, 5) is 17.2. The van der Waals surface area contributed by atoms with Crippen LogP contribution in [0, 0.1) is 12.8 Å². The second-order valence-electron chi connectivity index (χ2n) is 5.93. The molecule has 0 aromatic carbocycles. The van der Waals surface area contributed by atoms with E-state index < -0.39 is 18.0 Å². The molecule has 0 aliphatic rings. The molecule has 1 N–H and O–H groups in total. The first-order chi connectivity index (χ1) is 10.8. The molecule has 0 bridgehead atoms. The van der Waals surface area contributed by atoms with Crippen molar-refractivity contribution in [2.24, 2.45) is 5.92 Å². The summed E-state index contributed by atoms with van der Waals surface area (Å²) in [5, 5.41) is 5.15. The molecule has 3 nitrogen and oxygen atoms in total. The number of carbonyl (C=O) groups excluding carboxylic acids is 1. The van der Waals surface area contributed by atoms with Gasteiger partial charge < -0.3 is 5.32 Å². The van der Waals surface area contributed by atoms with Gasteiger partial charge in [0.05, 0.1) is 10.7 Å². The lowest BCUT2D eigenvalue weighted by atomic mass is 9.97. The summed E-state index contributed by atoms with van der Waals surface area (Å²) in [6.07, 6.45) is -1.74. The minimum Gasteiger partial charge on any atom is -0.320 e. The maximum absolute atomic E-state index is 13.0. The Morgan fingerprint density at radius 2 is 2.04 bits per heavy atom. The van der Waals surface area contributed by atoms with Gasteiger partial charge in [0.25, 0.3) is 12.3 Å². The lowest BCUT2D eigenvalue weighted by Crippen LogP contribution is -2.14. The topological polar surface area (TPSA) is 42.0 Å². The summed E-state index contributed by atoms with van der Waals surface area (Å²) >= 11 is 2.58. The smallest absolute Gasteiger partial charge is 0.282 e. The van der Waals surface area contributed by atoms with Crippen molar-refractivity contribution >= 4 is 34.3 Å². The van der Waals surface area contributed by atoms with Gasteiger partial charge in [-0.15, -0.1) is 22.7 Å². The highest BCUT2D eigenvalue weighted by Crippen LogP contribution is 2.35. The number of nitrogens with zero attached hydrogens (tertiary/aromatic N) is 1. The summed E-state index contributed by atoms with van der Waals surface area (Å²) in [6, 6.07) is 1.82. The van der Waals surface area contributed by atoms with Gasteiger partial charge in [-0.2, -0.15) is 0 Å². The quantitative estimate of drug-likeness (QED) is 0.703. The predicted octanol–water partition coefficient (Wildman–Crippen LogP) is 5.85. The molecule has 2 aromatic heterocycles. The molecular weight excluding hydrogens is 338 g/mol.